The van der Waals surface area contributed by atoms with E-state index in [2.05, 4.69) is 23.1 Å². The van der Waals surface area contributed by atoms with Gasteiger partial charge in [0, 0.05) is 44.0 Å². The van der Waals surface area contributed by atoms with Crippen LogP contribution in [0.4, 0.5) is 0 Å². The third-order valence-electron chi connectivity index (χ3n) is 8.47. The average molecular weight is 425 g/mol. The Balaban J connectivity index is 1.11. The minimum absolute atomic E-state index is 0.00780. The van der Waals surface area contributed by atoms with Crippen LogP contribution in [0.3, 0.4) is 0 Å². The summed E-state index contributed by atoms with van der Waals surface area (Å²) in [5.41, 5.74) is 2.91. The molecule has 2 amide bonds. The van der Waals surface area contributed by atoms with Crippen LogP contribution in [0.25, 0.3) is 0 Å². The number of nitrogens with zero attached hydrogens (tertiary/aromatic N) is 2. The fourth-order valence-corrected chi connectivity index (χ4v) is 6.88. The zero-order valence-corrected chi connectivity index (χ0v) is 18.9. The molecule has 2 heterocycles. The second-order valence-electron chi connectivity index (χ2n) is 10.4. The Labute approximate surface area is 186 Å². The van der Waals surface area contributed by atoms with Crippen LogP contribution in [0.1, 0.15) is 74.8 Å². The fraction of sp³-hybridized carbons (Fsp3) is 0.692. The number of fused-ring (bicyclic) bond motifs is 3. The molecule has 5 nitrogen and oxygen atoms in total. The molecule has 5 rings (SSSR count). The van der Waals surface area contributed by atoms with Gasteiger partial charge in [0.15, 0.2) is 0 Å². The maximum atomic E-state index is 12.6. The summed E-state index contributed by atoms with van der Waals surface area (Å²) < 4.78 is 5.69. The van der Waals surface area contributed by atoms with Gasteiger partial charge < -0.3 is 9.64 Å². The summed E-state index contributed by atoms with van der Waals surface area (Å²) in [7, 11) is 1.78. The highest BCUT2D eigenvalue weighted by atomic mass is 16.5. The smallest absolute Gasteiger partial charge is 0.229 e. The highest BCUT2D eigenvalue weighted by Gasteiger charge is 2.45. The molecular weight excluding hydrogens is 388 g/mol. The molecule has 1 aromatic rings. The van der Waals surface area contributed by atoms with Gasteiger partial charge in [-0.1, -0.05) is 25.0 Å². The number of hydrogen-bond donors (Lipinski definition) is 0. The monoisotopic (exact) mass is 424 g/mol. The lowest BCUT2D eigenvalue weighted by Gasteiger charge is -2.37. The van der Waals surface area contributed by atoms with Gasteiger partial charge in [-0.25, -0.2) is 0 Å². The van der Waals surface area contributed by atoms with E-state index in [4.69, 9.17) is 4.74 Å². The lowest BCUT2D eigenvalue weighted by molar-refractivity contribution is -0.153. The van der Waals surface area contributed by atoms with E-state index < -0.39 is 0 Å². The molecule has 0 N–H and O–H groups in total. The number of imide groups is 1. The molecule has 4 aliphatic rings. The molecule has 1 saturated carbocycles. The van der Waals surface area contributed by atoms with Crippen molar-refractivity contribution in [2.45, 2.75) is 70.1 Å². The molecule has 0 bridgehead atoms. The highest BCUT2D eigenvalue weighted by molar-refractivity contribution is 5.98. The van der Waals surface area contributed by atoms with Crippen LogP contribution in [0.5, 0.6) is 5.75 Å². The SMILES string of the molecule is COc1cccc2c1[C@@H]1CN(CCCCN3C(=O)CC4(CCCC4)CC3=O)C[C@H]1CC2. The molecule has 31 heavy (non-hydrogen) atoms. The summed E-state index contributed by atoms with van der Waals surface area (Å²) in [5.74, 6) is 2.50. The van der Waals surface area contributed by atoms with Crippen LogP contribution in [-0.2, 0) is 16.0 Å². The van der Waals surface area contributed by atoms with Gasteiger partial charge in [0.2, 0.25) is 11.8 Å². The Kier molecular flexibility index (Phi) is 5.80. The Morgan fingerprint density at radius 3 is 2.52 bits per heavy atom. The van der Waals surface area contributed by atoms with Gasteiger partial charge in [0.05, 0.1) is 7.11 Å². The van der Waals surface area contributed by atoms with Crippen LogP contribution in [0.2, 0.25) is 0 Å². The van der Waals surface area contributed by atoms with Crippen LogP contribution in [0, 0.1) is 11.3 Å². The predicted molar refractivity (Wildman–Crippen MR) is 120 cm³/mol. The van der Waals surface area contributed by atoms with Crippen molar-refractivity contribution in [3.8, 4) is 5.75 Å². The Morgan fingerprint density at radius 2 is 1.77 bits per heavy atom. The Bertz CT molecular complexity index is 811. The van der Waals surface area contributed by atoms with Crippen LogP contribution in [-0.4, -0.2) is 54.9 Å². The topological polar surface area (TPSA) is 49.9 Å². The zero-order chi connectivity index (χ0) is 21.4. The molecule has 1 aromatic carbocycles. The van der Waals surface area contributed by atoms with Crippen LogP contribution in [0.15, 0.2) is 18.2 Å². The van der Waals surface area contributed by atoms with E-state index in [1.165, 1.54) is 30.4 Å². The second-order valence-corrected chi connectivity index (χ2v) is 10.4. The number of amides is 2. The van der Waals surface area contributed by atoms with E-state index in [0.29, 0.717) is 25.3 Å². The number of unbranched alkanes of at least 4 members (excludes halogenated alkanes) is 1. The largest absolute Gasteiger partial charge is 0.496 e. The van der Waals surface area contributed by atoms with Gasteiger partial charge >= 0.3 is 0 Å². The quantitative estimate of drug-likeness (QED) is 0.509. The third kappa shape index (κ3) is 4.02. The maximum absolute atomic E-state index is 12.6. The maximum Gasteiger partial charge on any atom is 0.229 e. The first-order valence-corrected chi connectivity index (χ1v) is 12.3. The summed E-state index contributed by atoms with van der Waals surface area (Å²) in [6.45, 7) is 3.91. The van der Waals surface area contributed by atoms with E-state index in [0.717, 1.165) is 63.4 Å². The van der Waals surface area contributed by atoms with Crippen LogP contribution >= 0.6 is 0 Å². The first kappa shape index (κ1) is 21.0. The van der Waals surface area contributed by atoms with Crippen molar-refractivity contribution in [2.24, 2.45) is 11.3 Å². The number of carbonyl (C=O) groups excluding carboxylic acids is 2. The standard InChI is InChI=1S/C26H36N2O3/c1-31-22-8-6-7-19-9-10-20-17-27(18-21(20)25(19)22)13-4-5-14-28-23(29)15-26(16-24(28)30)11-2-3-12-26/h6-8,20-21H,2-5,9-18H2,1H3/t20-,21-/m1/s1. The van der Waals surface area contributed by atoms with Gasteiger partial charge in [-0.2, -0.15) is 0 Å². The van der Waals surface area contributed by atoms with Crippen molar-refractivity contribution in [3.05, 3.63) is 29.3 Å². The fourth-order valence-electron chi connectivity index (χ4n) is 6.88. The van der Waals surface area contributed by atoms with Crippen molar-refractivity contribution in [1.29, 1.82) is 0 Å². The van der Waals surface area contributed by atoms with Gasteiger partial charge in [0.25, 0.3) is 0 Å². The van der Waals surface area contributed by atoms with Crippen LogP contribution < -0.4 is 4.74 Å². The number of benzene rings is 1. The molecule has 2 aliphatic carbocycles. The third-order valence-corrected chi connectivity index (χ3v) is 8.47. The minimum Gasteiger partial charge on any atom is -0.496 e. The number of piperidine rings is 1. The summed E-state index contributed by atoms with van der Waals surface area (Å²) in [6.07, 6.45) is 10.0. The van der Waals surface area contributed by atoms with Gasteiger partial charge in [0.1, 0.15) is 5.75 Å². The zero-order valence-electron chi connectivity index (χ0n) is 18.9. The predicted octanol–water partition coefficient (Wildman–Crippen LogP) is 4.15. The summed E-state index contributed by atoms with van der Waals surface area (Å²) in [4.78, 5) is 29.4. The molecule has 2 saturated heterocycles. The number of ether oxygens (including phenoxy) is 1. The number of carbonyl (C=O) groups is 2. The second kappa shape index (κ2) is 8.57. The summed E-state index contributed by atoms with van der Waals surface area (Å²) >= 11 is 0. The van der Waals surface area contributed by atoms with Crippen molar-refractivity contribution in [3.63, 3.8) is 0 Å². The molecular formula is C26H36N2O3. The molecule has 0 aromatic heterocycles. The van der Waals surface area contributed by atoms with Crippen molar-refractivity contribution in [1.82, 2.24) is 9.80 Å². The Hall–Kier alpha value is -1.88. The number of methoxy groups -OCH3 is 1. The van der Waals surface area contributed by atoms with Crippen molar-refractivity contribution in [2.75, 3.05) is 33.3 Å². The van der Waals surface area contributed by atoms with Gasteiger partial charge in [-0.05, 0) is 68.0 Å². The lowest BCUT2D eigenvalue weighted by Crippen LogP contribution is -2.47. The normalized spacial score (nSPS) is 27.6. The molecule has 2 aliphatic heterocycles. The molecule has 2 atom stereocenters. The minimum atomic E-state index is 0.00780. The molecule has 1 spiro atoms. The first-order valence-electron chi connectivity index (χ1n) is 12.3. The molecule has 5 heteroatoms. The van der Waals surface area contributed by atoms with E-state index in [-0.39, 0.29) is 17.2 Å². The highest BCUT2D eigenvalue weighted by Crippen LogP contribution is 2.47. The molecule has 0 radical (unpaired) electrons. The lowest BCUT2D eigenvalue weighted by atomic mass is 9.76. The van der Waals surface area contributed by atoms with Crippen molar-refractivity contribution < 1.29 is 14.3 Å². The number of aryl methyl sites for hydroxylation is 1. The van der Waals surface area contributed by atoms with E-state index >= 15 is 0 Å². The van der Waals surface area contributed by atoms with E-state index in [9.17, 15) is 9.59 Å². The first-order chi connectivity index (χ1) is 15.1. The van der Waals surface area contributed by atoms with E-state index in [1.54, 1.807) is 12.0 Å². The summed E-state index contributed by atoms with van der Waals surface area (Å²) in [6, 6.07) is 6.48. The van der Waals surface area contributed by atoms with Gasteiger partial charge in [-0.15, -0.1) is 0 Å². The number of hydrogen-bond acceptors (Lipinski definition) is 4. The van der Waals surface area contributed by atoms with E-state index in [1.807, 2.05) is 0 Å². The van der Waals surface area contributed by atoms with Gasteiger partial charge in [-0.3, -0.25) is 14.5 Å². The average Bonchev–Trinajstić information content (AvgIpc) is 3.38. The number of likely N-dealkylation sites (tertiary alicyclic amines) is 2. The van der Waals surface area contributed by atoms with Crippen molar-refractivity contribution >= 4 is 11.8 Å². The summed E-state index contributed by atoms with van der Waals surface area (Å²) in [5, 5.41) is 0. The number of rotatable bonds is 6. The Morgan fingerprint density at radius 1 is 1.03 bits per heavy atom. The molecule has 3 fully saturated rings. The molecule has 168 valence electrons. The molecule has 0 unspecified atom stereocenters.